The van der Waals surface area contributed by atoms with Gasteiger partial charge in [0.05, 0.1) is 13.4 Å². The van der Waals surface area contributed by atoms with E-state index in [4.69, 9.17) is 4.74 Å². The van der Waals surface area contributed by atoms with Gasteiger partial charge in [0.1, 0.15) is 0 Å². The van der Waals surface area contributed by atoms with E-state index in [1.165, 1.54) is 23.5 Å². The van der Waals surface area contributed by atoms with Gasteiger partial charge in [0.2, 0.25) is 15.9 Å². The lowest BCUT2D eigenvalue weighted by molar-refractivity contribution is -0.120. The number of hydrogen-bond donors (Lipinski definition) is 1. The van der Waals surface area contributed by atoms with Crippen LogP contribution in [0.5, 0.6) is 5.75 Å². The van der Waals surface area contributed by atoms with Crippen molar-refractivity contribution in [1.82, 2.24) is 4.31 Å². The zero-order valence-electron chi connectivity index (χ0n) is 12.5. The van der Waals surface area contributed by atoms with Crippen LogP contribution in [0.3, 0.4) is 0 Å². The molecule has 22 heavy (non-hydrogen) atoms. The van der Waals surface area contributed by atoms with Crippen molar-refractivity contribution in [2.75, 3.05) is 31.8 Å². The Hall–Kier alpha value is -1.67. The Balaban J connectivity index is 1.95. The van der Waals surface area contributed by atoms with Crippen molar-refractivity contribution in [1.29, 1.82) is 0 Å². The third-order valence-corrected chi connectivity index (χ3v) is 5.02. The van der Waals surface area contributed by atoms with Crippen LogP contribution in [0.4, 0.5) is 10.1 Å². The topological polar surface area (TPSA) is 75.7 Å². The summed E-state index contributed by atoms with van der Waals surface area (Å²) in [6, 6.07) is 4.20. The normalized spacial score (nSPS) is 17.2. The fourth-order valence-corrected chi connectivity index (χ4v) is 3.31. The summed E-state index contributed by atoms with van der Waals surface area (Å²) >= 11 is 0. The summed E-state index contributed by atoms with van der Waals surface area (Å²) in [6.45, 7) is 0.655. The molecule has 0 aliphatic carbocycles. The molecular weight excluding hydrogens is 311 g/mol. The van der Waals surface area contributed by atoms with Crippen LogP contribution in [0.2, 0.25) is 0 Å². The highest BCUT2D eigenvalue weighted by atomic mass is 32.2. The summed E-state index contributed by atoms with van der Waals surface area (Å²) in [5, 5.41) is 2.65. The molecule has 0 unspecified atom stereocenters. The van der Waals surface area contributed by atoms with E-state index >= 15 is 0 Å². The van der Waals surface area contributed by atoms with Gasteiger partial charge in [-0.2, -0.15) is 0 Å². The van der Waals surface area contributed by atoms with E-state index in [-0.39, 0.29) is 17.6 Å². The molecule has 1 amide bonds. The summed E-state index contributed by atoms with van der Waals surface area (Å²) in [7, 11) is -1.84. The zero-order valence-corrected chi connectivity index (χ0v) is 13.3. The number of hydrogen-bond acceptors (Lipinski definition) is 4. The number of halogens is 1. The molecule has 122 valence electrons. The molecule has 1 saturated heterocycles. The number of piperidine rings is 1. The molecule has 1 aromatic rings. The number of amides is 1. The van der Waals surface area contributed by atoms with Crippen LogP contribution in [0, 0.1) is 11.7 Å². The molecule has 0 atom stereocenters. The average molecular weight is 330 g/mol. The Morgan fingerprint density at radius 1 is 1.36 bits per heavy atom. The van der Waals surface area contributed by atoms with E-state index in [0.29, 0.717) is 31.6 Å². The number of rotatable bonds is 4. The Kier molecular flexibility index (Phi) is 5.02. The van der Waals surface area contributed by atoms with Gasteiger partial charge in [0.25, 0.3) is 0 Å². The van der Waals surface area contributed by atoms with E-state index in [2.05, 4.69) is 5.32 Å². The van der Waals surface area contributed by atoms with Crippen molar-refractivity contribution in [2.45, 2.75) is 12.8 Å². The van der Waals surface area contributed by atoms with E-state index in [1.54, 1.807) is 6.07 Å². The first-order chi connectivity index (χ1) is 10.3. The second-order valence-electron chi connectivity index (χ2n) is 5.27. The van der Waals surface area contributed by atoms with Crippen molar-refractivity contribution >= 4 is 21.6 Å². The maximum atomic E-state index is 13.6. The number of benzene rings is 1. The quantitative estimate of drug-likeness (QED) is 0.906. The van der Waals surface area contributed by atoms with Gasteiger partial charge in [-0.25, -0.2) is 17.1 Å². The van der Waals surface area contributed by atoms with Crippen molar-refractivity contribution < 1.29 is 22.3 Å². The maximum Gasteiger partial charge on any atom is 0.227 e. The molecule has 1 aliphatic heterocycles. The summed E-state index contributed by atoms with van der Waals surface area (Å²) in [4.78, 5) is 12.2. The third kappa shape index (κ3) is 3.95. The smallest absolute Gasteiger partial charge is 0.227 e. The van der Waals surface area contributed by atoms with Gasteiger partial charge in [0.15, 0.2) is 11.6 Å². The molecule has 6 nitrogen and oxygen atoms in total. The van der Waals surface area contributed by atoms with Crippen LogP contribution in [-0.4, -0.2) is 45.1 Å². The number of carbonyl (C=O) groups excluding carboxylic acids is 1. The number of carbonyl (C=O) groups is 1. The van der Waals surface area contributed by atoms with Crippen molar-refractivity contribution in [2.24, 2.45) is 5.92 Å². The van der Waals surface area contributed by atoms with Crippen LogP contribution < -0.4 is 10.1 Å². The first-order valence-electron chi connectivity index (χ1n) is 6.91. The van der Waals surface area contributed by atoms with E-state index in [9.17, 15) is 17.6 Å². The highest BCUT2D eigenvalue weighted by molar-refractivity contribution is 7.88. The molecule has 8 heteroatoms. The molecule has 1 N–H and O–H groups in total. The molecule has 1 heterocycles. The Morgan fingerprint density at radius 2 is 2.00 bits per heavy atom. The van der Waals surface area contributed by atoms with Crippen molar-refractivity contribution in [3.8, 4) is 5.75 Å². The predicted octanol–water partition coefficient (Wildman–Crippen LogP) is 1.44. The van der Waals surface area contributed by atoms with Gasteiger partial charge < -0.3 is 10.1 Å². The maximum absolute atomic E-state index is 13.6. The lowest BCUT2D eigenvalue weighted by Crippen LogP contribution is -2.40. The van der Waals surface area contributed by atoms with E-state index < -0.39 is 15.8 Å². The largest absolute Gasteiger partial charge is 0.494 e. The van der Waals surface area contributed by atoms with Crippen LogP contribution >= 0.6 is 0 Å². The predicted molar refractivity (Wildman–Crippen MR) is 80.7 cm³/mol. The molecule has 0 aromatic heterocycles. The number of ether oxygens (including phenoxy) is 1. The number of nitrogens with one attached hydrogen (secondary N) is 1. The van der Waals surface area contributed by atoms with Crippen LogP contribution in [0.25, 0.3) is 0 Å². The number of sulfonamides is 1. The molecule has 0 spiro atoms. The molecular formula is C14H19FN2O4S. The molecule has 1 aromatic carbocycles. The minimum absolute atomic E-state index is 0.111. The van der Waals surface area contributed by atoms with E-state index in [0.717, 1.165) is 6.26 Å². The Bertz CT molecular complexity index is 655. The fraction of sp³-hybridized carbons (Fsp3) is 0.500. The summed E-state index contributed by atoms with van der Waals surface area (Å²) in [5.74, 6) is -0.937. The molecule has 1 aliphatic rings. The monoisotopic (exact) mass is 330 g/mol. The number of nitrogens with zero attached hydrogens (tertiary/aromatic N) is 1. The number of anilines is 1. The SMILES string of the molecule is COc1ccc(NC(=O)C2CCN(S(C)(=O)=O)CC2)cc1F. The lowest BCUT2D eigenvalue weighted by Gasteiger charge is -2.29. The van der Waals surface area contributed by atoms with Crippen LogP contribution in [0.15, 0.2) is 18.2 Å². The highest BCUT2D eigenvalue weighted by Gasteiger charge is 2.28. The van der Waals surface area contributed by atoms with Gasteiger partial charge in [-0.1, -0.05) is 0 Å². The fourth-order valence-electron chi connectivity index (χ4n) is 2.44. The first-order valence-corrected chi connectivity index (χ1v) is 8.75. The van der Waals surface area contributed by atoms with Gasteiger partial charge >= 0.3 is 0 Å². The van der Waals surface area contributed by atoms with Crippen LogP contribution in [0.1, 0.15) is 12.8 Å². The zero-order chi connectivity index (χ0) is 16.3. The summed E-state index contributed by atoms with van der Waals surface area (Å²) in [5.41, 5.74) is 0.355. The van der Waals surface area contributed by atoms with Gasteiger partial charge in [-0.05, 0) is 25.0 Å². The lowest BCUT2D eigenvalue weighted by atomic mass is 9.97. The standard InChI is InChI=1S/C14H19FN2O4S/c1-21-13-4-3-11(9-12(13)15)16-14(18)10-5-7-17(8-6-10)22(2,19)20/h3-4,9-10H,5-8H2,1-2H3,(H,16,18). The average Bonchev–Trinajstić information content (AvgIpc) is 2.46. The van der Waals surface area contributed by atoms with Gasteiger partial charge in [-0.15, -0.1) is 0 Å². The Labute approximate surface area is 129 Å². The minimum Gasteiger partial charge on any atom is -0.494 e. The molecule has 0 saturated carbocycles. The van der Waals surface area contributed by atoms with Crippen LogP contribution in [-0.2, 0) is 14.8 Å². The second kappa shape index (κ2) is 6.62. The van der Waals surface area contributed by atoms with Gasteiger partial charge in [0, 0.05) is 30.8 Å². The van der Waals surface area contributed by atoms with Crippen molar-refractivity contribution in [3.63, 3.8) is 0 Å². The number of methoxy groups -OCH3 is 1. The first kappa shape index (κ1) is 16.7. The summed E-state index contributed by atoms with van der Waals surface area (Å²) < 4.78 is 42.6. The minimum atomic E-state index is -3.21. The van der Waals surface area contributed by atoms with E-state index in [1.807, 2.05) is 0 Å². The Morgan fingerprint density at radius 3 is 2.50 bits per heavy atom. The summed E-state index contributed by atoms with van der Waals surface area (Å²) in [6.07, 6.45) is 2.07. The molecule has 1 fully saturated rings. The van der Waals surface area contributed by atoms with Gasteiger partial charge in [-0.3, -0.25) is 4.79 Å². The highest BCUT2D eigenvalue weighted by Crippen LogP contribution is 2.23. The third-order valence-electron chi connectivity index (χ3n) is 3.71. The molecule has 0 bridgehead atoms. The second-order valence-corrected chi connectivity index (χ2v) is 7.26. The molecule has 2 rings (SSSR count). The van der Waals surface area contributed by atoms with Crippen molar-refractivity contribution in [3.05, 3.63) is 24.0 Å². The molecule has 0 radical (unpaired) electrons.